The van der Waals surface area contributed by atoms with Crippen LogP contribution in [0.5, 0.6) is 0 Å². The monoisotopic (exact) mass is 241 g/mol. The molecule has 0 fully saturated rings. The van der Waals surface area contributed by atoms with Gasteiger partial charge in [-0.15, -0.1) is 9.50 Å². The van der Waals surface area contributed by atoms with E-state index in [9.17, 15) is 0 Å². The molecule has 0 aliphatic carbocycles. The minimum atomic E-state index is 0.629. The molecule has 0 unspecified atom stereocenters. The third-order valence-corrected chi connectivity index (χ3v) is 2.59. The largest absolute Gasteiger partial charge is 0.315 e. The van der Waals surface area contributed by atoms with Gasteiger partial charge in [0.25, 0.3) is 0 Å². The highest BCUT2D eigenvalue weighted by Crippen LogP contribution is 2.08. The summed E-state index contributed by atoms with van der Waals surface area (Å²) in [5.74, 6) is 0. The molecule has 0 radical (unpaired) electrons. The topological polar surface area (TPSA) is 63.0 Å². The molecule has 0 bridgehead atoms. The molecule has 18 heavy (non-hydrogen) atoms. The molecule has 4 rings (SSSR count). The average molecular weight is 241 g/mol. The lowest BCUT2D eigenvalue weighted by Crippen LogP contribution is -2.27. The highest BCUT2D eigenvalue weighted by Gasteiger charge is 2.17. The predicted molar refractivity (Wildman–Crippen MR) is 67.1 cm³/mol. The lowest BCUT2D eigenvalue weighted by atomic mass is 10.3. The van der Waals surface area contributed by atoms with Crippen LogP contribution in [0.15, 0.2) is 36.7 Å². The van der Waals surface area contributed by atoms with Crippen LogP contribution in [-0.4, -0.2) is 24.9 Å². The quantitative estimate of drug-likeness (QED) is 0.473. The second-order valence-corrected chi connectivity index (χ2v) is 3.53. The first-order valence-corrected chi connectivity index (χ1v) is 5.92. The van der Waals surface area contributed by atoms with Crippen LogP contribution in [0.3, 0.4) is 0 Å². The zero-order valence-electron chi connectivity index (χ0n) is 10.2. The molecule has 3 heterocycles. The number of aromatic amines is 1. The summed E-state index contributed by atoms with van der Waals surface area (Å²) in [6.45, 7) is 4.00. The van der Waals surface area contributed by atoms with Gasteiger partial charge in [-0.25, -0.2) is 4.98 Å². The molecule has 6 nitrogen and oxygen atoms in total. The van der Waals surface area contributed by atoms with Crippen molar-refractivity contribution in [2.75, 3.05) is 0 Å². The molecule has 0 amide bonds. The number of aromatic nitrogens is 6. The molecule has 0 saturated heterocycles. The molecule has 4 aromatic rings. The first kappa shape index (κ1) is 10.6. The molecule has 0 spiro atoms. The Bertz CT molecular complexity index is 748. The zero-order chi connectivity index (χ0) is 12.5. The van der Waals surface area contributed by atoms with Gasteiger partial charge in [-0.05, 0) is 12.1 Å². The standard InChI is InChI=1S/C10H7N6.C2H6/c1-2-4-8-7(3-1)13-16-14-9-10(15(8)16)12-6-5-11-9;1-2/h1-6H,(H,11,13,14);1-2H3/q+1;. The summed E-state index contributed by atoms with van der Waals surface area (Å²) in [7, 11) is 0. The molecule has 0 aliphatic rings. The third-order valence-electron chi connectivity index (χ3n) is 2.59. The Kier molecular flexibility index (Phi) is 2.40. The van der Waals surface area contributed by atoms with Crippen LogP contribution in [0, 0.1) is 0 Å². The van der Waals surface area contributed by atoms with Gasteiger partial charge in [0.15, 0.2) is 5.52 Å². The van der Waals surface area contributed by atoms with Crippen molar-refractivity contribution in [2.24, 2.45) is 0 Å². The summed E-state index contributed by atoms with van der Waals surface area (Å²) in [6, 6.07) is 7.98. The molecule has 1 aromatic carbocycles. The number of hydrogen-bond donors (Lipinski definition) is 1. The minimum absolute atomic E-state index is 0.629. The molecular formula is C12H13N6+. The van der Waals surface area contributed by atoms with Crippen molar-refractivity contribution in [2.45, 2.75) is 13.8 Å². The number of nitrogens with zero attached hydrogens (tertiary/aromatic N) is 5. The highest BCUT2D eigenvalue weighted by atomic mass is 15.6. The Morgan fingerprint density at radius 3 is 2.78 bits per heavy atom. The van der Waals surface area contributed by atoms with E-state index in [2.05, 4.69) is 20.2 Å². The van der Waals surface area contributed by atoms with E-state index in [4.69, 9.17) is 0 Å². The van der Waals surface area contributed by atoms with Crippen LogP contribution < -0.4 is 4.52 Å². The fraction of sp³-hybridized carbons (Fsp3) is 0.167. The van der Waals surface area contributed by atoms with Crippen LogP contribution in [-0.2, 0) is 0 Å². The van der Waals surface area contributed by atoms with E-state index in [0.29, 0.717) is 5.65 Å². The van der Waals surface area contributed by atoms with Gasteiger partial charge >= 0.3 is 11.3 Å². The summed E-state index contributed by atoms with van der Waals surface area (Å²) in [6.07, 6.45) is 3.30. The highest BCUT2D eigenvalue weighted by molar-refractivity contribution is 5.72. The maximum atomic E-state index is 4.30. The molecule has 0 saturated carbocycles. The number of nitrogens with one attached hydrogen (secondary N) is 1. The summed E-state index contributed by atoms with van der Waals surface area (Å²) in [5.41, 5.74) is 3.43. The average Bonchev–Trinajstić information content (AvgIpc) is 2.96. The van der Waals surface area contributed by atoms with Gasteiger partial charge in [0.1, 0.15) is 11.7 Å². The third kappa shape index (κ3) is 1.35. The van der Waals surface area contributed by atoms with Crippen molar-refractivity contribution < 1.29 is 4.52 Å². The van der Waals surface area contributed by atoms with Gasteiger partial charge in [-0.3, -0.25) is 0 Å². The fourth-order valence-corrected chi connectivity index (χ4v) is 1.92. The Hall–Kier alpha value is -2.50. The van der Waals surface area contributed by atoms with Crippen LogP contribution in [0.4, 0.5) is 0 Å². The molecule has 3 aromatic heterocycles. The summed E-state index contributed by atoms with van der Waals surface area (Å²) in [5, 5.41) is 7.46. The molecule has 0 aliphatic heterocycles. The van der Waals surface area contributed by atoms with Crippen molar-refractivity contribution in [3.05, 3.63) is 36.7 Å². The Morgan fingerprint density at radius 2 is 1.89 bits per heavy atom. The number of benzene rings is 1. The number of fused-ring (bicyclic) bond motifs is 5. The van der Waals surface area contributed by atoms with Gasteiger partial charge in [0, 0.05) is 9.84 Å². The number of para-hydroxylation sites is 2. The van der Waals surface area contributed by atoms with Crippen molar-refractivity contribution in [3.63, 3.8) is 0 Å². The van der Waals surface area contributed by atoms with Crippen molar-refractivity contribution in [1.82, 2.24) is 24.9 Å². The normalized spacial score (nSPS) is 10.8. The zero-order valence-corrected chi connectivity index (χ0v) is 10.2. The van der Waals surface area contributed by atoms with E-state index >= 15 is 0 Å². The minimum Gasteiger partial charge on any atom is -0.216 e. The van der Waals surface area contributed by atoms with Gasteiger partial charge in [0.05, 0.1) is 6.20 Å². The number of rotatable bonds is 0. The van der Waals surface area contributed by atoms with Crippen LogP contribution in [0.1, 0.15) is 13.8 Å². The SMILES string of the molecule is CC.c1ccc2c(c1)[nH]n1nc3nccnc3[n+]21. The number of hydrogen-bond acceptors (Lipinski definition) is 3. The van der Waals surface area contributed by atoms with E-state index in [1.165, 1.54) is 0 Å². The van der Waals surface area contributed by atoms with E-state index in [-0.39, 0.29) is 0 Å². The Balaban J connectivity index is 0.000000478. The van der Waals surface area contributed by atoms with Crippen molar-refractivity contribution in [1.29, 1.82) is 0 Å². The van der Waals surface area contributed by atoms with Crippen LogP contribution in [0.25, 0.3) is 22.3 Å². The molecule has 6 heteroatoms. The molecule has 90 valence electrons. The van der Waals surface area contributed by atoms with Gasteiger partial charge in [0.2, 0.25) is 0 Å². The molecule has 1 N–H and O–H groups in total. The van der Waals surface area contributed by atoms with Gasteiger partial charge < -0.3 is 0 Å². The Morgan fingerprint density at radius 1 is 1.11 bits per heavy atom. The van der Waals surface area contributed by atoms with E-state index in [1.54, 1.807) is 17.1 Å². The lowest BCUT2D eigenvalue weighted by molar-refractivity contribution is -0.575. The fourth-order valence-electron chi connectivity index (χ4n) is 1.92. The van der Waals surface area contributed by atoms with Crippen LogP contribution >= 0.6 is 0 Å². The lowest BCUT2D eigenvalue weighted by Gasteiger charge is -1.83. The van der Waals surface area contributed by atoms with Crippen molar-refractivity contribution >= 4 is 22.3 Å². The summed E-state index contributed by atoms with van der Waals surface area (Å²) in [4.78, 5) is 8.45. The smallest absolute Gasteiger partial charge is 0.216 e. The van der Waals surface area contributed by atoms with Crippen LogP contribution in [0.2, 0.25) is 0 Å². The Labute approximate surface area is 103 Å². The molecule has 0 atom stereocenters. The maximum absolute atomic E-state index is 4.30. The second-order valence-electron chi connectivity index (χ2n) is 3.53. The van der Waals surface area contributed by atoms with E-state index in [0.717, 1.165) is 16.7 Å². The van der Waals surface area contributed by atoms with Gasteiger partial charge in [-0.1, -0.05) is 26.0 Å². The molecular weight excluding hydrogens is 228 g/mol. The van der Waals surface area contributed by atoms with E-state index < -0.39 is 0 Å². The van der Waals surface area contributed by atoms with Crippen molar-refractivity contribution in [3.8, 4) is 0 Å². The second kappa shape index (κ2) is 4.06. The first-order chi connectivity index (χ1) is 8.93. The maximum Gasteiger partial charge on any atom is 0.315 e. The predicted octanol–water partition coefficient (Wildman–Crippen LogP) is 1.37. The summed E-state index contributed by atoms with van der Waals surface area (Å²) < 4.78 is 3.55. The van der Waals surface area contributed by atoms with Gasteiger partial charge in [-0.2, -0.15) is 5.10 Å². The first-order valence-electron chi connectivity index (χ1n) is 5.92. The number of H-pyrrole nitrogens is 1. The summed E-state index contributed by atoms with van der Waals surface area (Å²) >= 11 is 0. The van der Waals surface area contributed by atoms with E-state index in [1.807, 2.05) is 42.6 Å².